The maximum atomic E-state index is 13.3. The lowest BCUT2D eigenvalue weighted by molar-refractivity contribution is -0.154. The number of aromatic amines is 1. The zero-order valence-electron chi connectivity index (χ0n) is 18.6. The molecular formula is C24H29N5O3. The monoisotopic (exact) mass is 435 g/mol. The van der Waals surface area contributed by atoms with E-state index in [0.717, 1.165) is 23.1 Å². The molecular weight excluding hydrogens is 406 g/mol. The van der Waals surface area contributed by atoms with Gasteiger partial charge < -0.3 is 10.0 Å². The molecule has 1 aromatic heterocycles. The number of hydrogen-bond acceptors (Lipinski definition) is 5. The SMILES string of the molecule is CCCCC(=O)N([C@@H](c1ccc(-c2ccccc2)cc1)c1nnn[nH]1)[C@H](C(=O)O)C(C)C. The molecule has 32 heavy (non-hydrogen) atoms. The van der Waals surface area contributed by atoms with E-state index < -0.39 is 18.1 Å². The zero-order valence-corrected chi connectivity index (χ0v) is 18.6. The summed E-state index contributed by atoms with van der Waals surface area (Å²) in [7, 11) is 0. The van der Waals surface area contributed by atoms with Crippen LogP contribution in [0.5, 0.6) is 0 Å². The number of amides is 1. The summed E-state index contributed by atoms with van der Waals surface area (Å²) in [5.74, 6) is -1.26. The number of aromatic nitrogens is 4. The molecule has 0 aliphatic rings. The van der Waals surface area contributed by atoms with E-state index in [4.69, 9.17) is 0 Å². The standard InChI is InChI=1S/C24H29N5O3/c1-4-5-11-20(30)29(21(16(2)3)24(31)32)22(23-25-27-28-26-23)19-14-12-18(13-15-19)17-9-7-6-8-10-17/h6-10,12-16,21-22H,4-5,11H2,1-3H3,(H,31,32)(H,25,26,27,28)/t21-,22-/m0/s1. The Balaban J connectivity index is 2.09. The predicted molar refractivity (Wildman–Crippen MR) is 121 cm³/mol. The summed E-state index contributed by atoms with van der Waals surface area (Å²) in [4.78, 5) is 27.0. The van der Waals surface area contributed by atoms with Gasteiger partial charge >= 0.3 is 5.97 Å². The molecule has 0 aliphatic heterocycles. The number of carbonyl (C=O) groups is 2. The maximum absolute atomic E-state index is 13.3. The molecule has 3 aromatic rings. The third kappa shape index (κ3) is 5.19. The molecule has 1 amide bonds. The van der Waals surface area contributed by atoms with Crippen LogP contribution in [-0.4, -0.2) is 48.5 Å². The first-order valence-corrected chi connectivity index (χ1v) is 10.9. The highest BCUT2D eigenvalue weighted by atomic mass is 16.4. The van der Waals surface area contributed by atoms with Gasteiger partial charge in [-0.15, -0.1) is 5.10 Å². The van der Waals surface area contributed by atoms with Crippen LogP contribution in [0.3, 0.4) is 0 Å². The maximum Gasteiger partial charge on any atom is 0.326 e. The minimum absolute atomic E-state index is 0.235. The number of carbonyl (C=O) groups excluding carboxylic acids is 1. The Bertz CT molecular complexity index is 1000. The van der Waals surface area contributed by atoms with Crippen LogP contribution in [0.25, 0.3) is 11.1 Å². The molecule has 2 atom stereocenters. The molecule has 0 fully saturated rings. The van der Waals surface area contributed by atoms with Crippen molar-refractivity contribution in [2.75, 3.05) is 0 Å². The predicted octanol–water partition coefficient (Wildman–Crippen LogP) is 4.08. The number of nitrogens with one attached hydrogen (secondary N) is 1. The second-order valence-electron chi connectivity index (χ2n) is 8.11. The topological polar surface area (TPSA) is 112 Å². The van der Waals surface area contributed by atoms with E-state index in [1.807, 2.05) is 61.5 Å². The number of rotatable bonds is 10. The minimum atomic E-state index is -1.05. The molecule has 0 aliphatic carbocycles. The number of nitrogens with zero attached hydrogens (tertiary/aromatic N) is 4. The summed E-state index contributed by atoms with van der Waals surface area (Å²) in [5, 5.41) is 24.2. The van der Waals surface area contributed by atoms with Gasteiger partial charge in [0, 0.05) is 6.42 Å². The van der Waals surface area contributed by atoms with Gasteiger partial charge in [0.1, 0.15) is 12.1 Å². The molecule has 3 rings (SSSR count). The van der Waals surface area contributed by atoms with Crippen molar-refractivity contribution in [1.29, 1.82) is 0 Å². The van der Waals surface area contributed by atoms with Gasteiger partial charge in [0.05, 0.1) is 0 Å². The van der Waals surface area contributed by atoms with Gasteiger partial charge in [-0.1, -0.05) is 81.8 Å². The highest BCUT2D eigenvalue weighted by Crippen LogP contribution is 2.32. The number of carboxylic acid groups (broad SMARTS) is 1. The Kier molecular flexibility index (Phi) is 7.70. The smallest absolute Gasteiger partial charge is 0.326 e. The van der Waals surface area contributed by atoms with Crippen molar-refractivity contribution in [3.63, 3.8) is 0 Å². The molecule has 0 bridgehead atoms. The summed E-state index contributed by atoms with van der Waals surface area (Å²) < 4.78 is 0. The van der Waals surface area contributed by atoms with Crippen molar-refractivity contribution >= 4 is 11.9 Å². The van der Waals surface area contributed by atoms with Crippen molar-refractivity contribution in [3.05, 3.63) is 66.0 Å². The summed E-state index contributed by atoms with van der Waals surface area (Å²) in [5.41, 5.74) is 2.82. The van der Waals surface area contributed by atoms with Crippen molar-refractivity contribution in [2.45, 2.75) is 52.1 Å². The summed E-state index contributed by atoms with van der Waals surface area (Å²) in [6.45, 7) is 5.59. The first-order valence-electron chi connectivity index (χ1n) is 10.9. The third-order valence-electron chi connectivity index (χ3n) is 5.45. The van der Waals surface area contributed by atoms with Gasteiger partial charge in [-0.2, -0.15) is 0 Å². The van der Waals surface area contributed by atoms with E-state index in [0.29, 0.717) is 12.2 Å². The van der Waals surface area contributed by atoms with Crippen LogP contribution in [0.2, 0.25) is 0 Å². The lowest BCUT2D eigenvalue weighted by Crippen LogP contribution is -2.50. The Morgan fingerprint density at radius 2 is 1.69 bits per heavy atom. The number of hydrogen-bond donors (Lipinski definition) is 2. The molecule has 168 valence electrons. The summed E-state index contributed by atoms with van der Waals surface area (Å²) >= 11 is 0. The molecule has 0 radical (unpaired) electrons. The van der Waals surface area contributed by atoms with Gasteiger partial charge in [0.15, 0.2) is 5.82 Å². The average Bonchev–Trinajstić information content (AvgIpc) is 3.32. The highest BCUT2D eigenvalue weighted by Gasteiger charge is 2.39. The molecule has 2 aromatic carbocycles. The Labute approximate surface area is 187 Å². The quantitative estimate of drug-likeness (QED) is 0.496. The molecule has 0 saturated heterocycles. The van der Waals surface area contributed by atoms with Crippen molar-refractivity contribution < 1.29 is 14.7 Å². The molecule has 8 heteroatoms. The highest BCUT2D eigenvalue weighted by molar-refractivity contribution is 5.84. The number of benzene rings is 2. The van der Waals surface area contributed by atoms with Crippen LogP contribution in [0.1, 0.15) is 57.5 Å². The summed E-state index contributed by atoms with van der Waals surface area (Å²) in [6.07, 6.45) is 1.76. The van der Waals surface area contributed by atoms with Gasteiger partial charge in [0.2, 0.25) is 5.91 Å². The zero-order chi connectivity index (χ0) is 23.1. The van der Waals surface area contributed by atoms with Crippen LogP contribution in [0.4, 0.5) is 0 Å². The lowest BCUT2D eigenvalue weighted by atomic mass is 9.94. The fourth-order valence-electron chi connectivity index (χ4n) is 3.86. The number of unbranched alkanes of at least 4 members (excludes halogenated alkanes) is 1. The fourth-order valence-corrected chi connectivity index (χ4v) is 3.86. The molecule has 0 spiro atoms. The Morgan fingerprint density at radius 3 is 2.22 bits per heavy atom. The fraction of sp³-hybridized carbons (Fsp3) is 0.375. The first-order chi connectivity index (χ1) is 15.4. The Hall–Kier alpha value is -3.55. The van der Waals surface area contributed by atoms with Crippen LogP contribution in [-0.2, 0) is 9.59 Å². The minimum Gasteiger partial charge on any atom is -0.480 e. The lowest BCUT2D eigenvalue weighted by Gasteiger charge is -2.37. The number of H-pyrrole nitrogens is 1. The number of carboxylic acids is 1. The molecule has 0 unspecified atom stereocenters. The van der Waals surface area contributed by atoms with Crippen molar-refractivity contribution in [2.24, 2.45) is 5.92 Å². The molecule has 8 nitrogen and oxygen atoms in total. The Morgan fingerprint density at radius 1 is 1.03 bits per heavy atom. The van der Waals surface area contributed by atoms with E-state index in [1.165, 1.54) is 4.90 Å². The van der Waals surface area contributed by atoms with E-state index >= 15 is 0 Å². The van der Waals surface area contributed by atoms with Crippen LogP contribution in [0.15, 0.2) is 54.6 Å². The van der Waals surface area contributed by atoms with Crippen molar-refractivity contribution in [3.8, 4) is 11.1 Å². The largest absolute Gasteiger partial charge is 0.480 e. The molecule has 2 N–H and O–H groups in total. The second kappa shape index (κ2) is 10.7. The van der Waals surface area contributed by atoms with E-state index in [2.05, 4.69) is 20.6 Å². The third-order valence-corrected chi connectivity index (χ3v) is 5.45. The summed E-state index contributed by atoms with van der Waals surface area (Å²) in [6, 6.07) is 15.9. The first kappa shape index (κ1) is 23.1. The normalized spacial score (nSPS) is 13.0. The van der Waals surface area contributed by atoms with Crippen LogP contribution < -0.4 is 0 Å². The van der Waals surface area contributed by atoms with Crippen LogP contribution in [0, 0.1) is 5.92 Å². The van der Waals surface area contributed by atoms with Gasteiger partial charge in [-0.3, -0.25) is 4.79 Å². The van der Waals surface area contributed by atoms with E-state index in [9.17, 15) is 14.7 Å². The van der Waals surface area contributed by atoms with E-state index in [-0.39, 0.29) is 18.2 Å². The van der Waals surface area contributed by atoms with Gasteiger partial charge in [-0.05, 0) is 39.5 Å². The van der Waals surface area contributed by atoms with Gasteiger partial charge in [-0.25, -0.2) is 9.89 Å². The van der Waals surface area contributed by atoms with Crippen LogP contribution >= 0.6 is 0 Å². The number of tetrazole rings is 1. The van der Waals surface area contributed by atoms with Gasteiger partial charge in [0.25, 0.3) is 0 Å². The molecule has 1 heterocycles. The second-order valence-corrected chi connectivity index (χ2v) is 8.11. The van der Waals surface area contributed by atoms with Crippen molar-refractivity contribution in [1.82, 2.24) is 25.5 Å². The number of aliphatic carboxylic acids is 1. The molecule has 0 saturated carbocycles. The van der Waals surface area contributed by atoms with E-state index in [1.54, 1.807) is 13.8 Å². The average molecular weight is 436 g/mol.